The monoisotopic (exact) mass is 385 g/mol. The van der Waals surface area contributed by atoms with Crippen LogP contribution in [-0.4, -0.2) is 45.4 Å². The average molecular weight is 385 g/mol. The van der Waals surface area contributed by atoms with Crippen molar-refractivity contribution in [2.75, 3.05) is 37.9 Å². The van der Waals surface area contributed by atoms with Crippen LogP contribution in [0.3, 0.4) is 0 Å². The van der Waals surface area contributed by atoms with E-state index in [4.69, 9.17) is 9.47 Å². The van der Waals surface area contributed by atoms with E-state index in [1.54, 1.807) is 0 Å². The zero-order valence-corrected chi connectivity index (χ0v) is 16.2. The number of benzene rings is 2. The SMILES string of the molecule is Cc1cccc(N(CCOCCOC(=O)CCOC=O)Cc2ccccc2)c1. The van der Waals surface area contributed by atoms with Crippen LogP contribution in [0.25, 0.3) is 0 Å². The first-order chi connectivity index (χ1) is 13.7. The first kappa shape index (κ1) is 21.4. The van der Waals surface area contributed by atoms with Gasteiger partial charge in [-0.05, 0) is 30.2 Å². The highest BCUT2D eigenvalue weighted by Crippen LogP contribution is 2.18. The molecule has 0 amide bonds. The molecule has 2 aromatic rings. The second kappa shape index (κ2) is 12.5. The zero-order chi connectivity index (χ0) is 20.0. The molecule has 0 saturated heterocycles. The number of carbonyl (C=O) groups is 2. The molecule has 0 aliphatic carbocycles. The molecule has 0 bridgehead atoms. The van der Waals surface area contributed by atoms with E-state index in [-0.39, 0.29) is 19.6 Å². The molecule has 2 aromatic carbocycles. The molecular formula is C22H27NO5. The van der Waals surface area contributed by atoms with Gasteiger partial charge in [-0.1, -0.05) is 42.5 Å². The minimum atomic E-state index is -0.407. The summed E-state index contributed by atoms with van der Waals surface area (Å²) in [5.41, 5.74) is 3.59. The van der Waals surface area contributed by atoms with Gasteiger partial charge >= 0.3 is 5.97 Å². The topological polar surface area (TPSA) is 65.1 Å². The molecule has 0 N–H and O–H groups in total. The summed E-state index contributed by atoms with van der Waals surface area (Å²) in [6.45, 7) is 4.97. The van der Waals surface area contributed by atoms with Crippen molar-refractivity contribution in [1.29, 1.82) is 0 Å². The van der Waals surface area contributed by atoms with E-state index in [1.807, 2.05) is 18.2 Å². The molecule has 0 atom stereocenters. The average Bonchev–Trinajstić information content (AvgIpc) is 2.70. The number of anilines is 1. The second-order valence-electron chi connectivity index (χ2n) is 6.30. The summed E-state index contributed by atoms with van der Waals surface area (Å²) < 4.78 is 15.1. The lowest BCUT2D eigenvalue weighted by molar-refractivity contribution is -0.147. The molecule has 0 saturated carbocycles. The first-order valence-corrected chi connectivity index (χ1v) is 9.33. The van der Waals surface area contributed by atoms with Crippen LogP contribution in [-0.2, 0) is 30.3 Å². The summed E-state index contributed by atoms with van der Waals surface area (Å²) >= 11 is 0. The third-order valence-corrected chi connectivity index (χ3v) is 4.07. The van der Waals surface area contributed by atoms with Crippen molar-refractivity contribution in [3.63, 3.8) is 0 Å². The summed E-state index contributed by atoms with van der Waals surface area (Å²) in [7, 11) is 0. The maximum atomic E-state index is 11.4. The van der Waals surface area contributed by atoms with Gasteiger partial charge in [-0.2, -0.15) is 0 Å². The van der Waals surface area contributed by atoms with E-state index in [1.165, 1.54) is 11.1 Å². The van der Waals surface area contributed by atoms with Crippen molar-refractivity contribution in [3.05, 3.63) is 65.7 Å². The molecule has 0 radical (unpaired) electrons. The van der Waals surface area contributed by atoms with Crippen molar-refractivity contribution in [1.82, 2.24) is 0 Å². The fourth-order valence-electron chi connectivity index (χ4n) is 2.68. The van der Waals surface area contributed by atoms with Gasteiger partial charge < -0.3 is 19.1 Å². The standard InChI is InChI=1S/C22H27NO5/c1-19-6-5-9-21(16-19)23(17-20-7-3-2-4-8-20)11-13-26-14-15-28-22(25)10-12-27-18-24/h2-9,16,18H,10-15,17H2,1H3. The summed E-state index contributed by atoms with van der Waals surface area (Å²) in [6, 6.07) is 18.7. The molecule has 0 aliphatic rings. The lowest BCUT2D eigenvalue weighted by atomic mass is 10.1. The lowest BCUT2D eigenvalue weighted by Crippen LogP contribution is -2.27. The Hall–Kier alpha value is -2.86. The van der Waals surface area contributed by atoms with Gasteiger partial charge in [-0.25, -0.2) is 0 Å². The normalized spacial score (nSPS) is 10.3. The molecule has 150 valence electrons. The van der Waals surface area contributed by atoms with Crippen LogP contribution >= 0.6 is 0 Å². The molecule has 0 spiro atoms. The van der Waals surface area contributed by atoms with Crippen LogP contribution in [0.5, 0.6) is 0 Å². The number of rotatable bonds is 13. The first-order valence-electron chi connectivity index (χ1n) is 9.33. The van der Waals surface area contributed by atoms with E-state index in [2.05, 4.69) is 53.0 Å². The van der Waals surface area contributed by atoms with Gasteiger partial charge in [-0.15, -0.1) is 0 Å². The van der Waals surface area contributed by atoms with Crippen molar-refractivity contribution < 1.29 is 23.8 Å². The smallest absolute Gasteiger partial charge is 0.309 e. The van der Waals surface area contributed by atoms with Crippen LogP contribution in [0.4, 0.5) is 5.69 Å². The van der Waals surface area contributed by atoms with Gasteiger partial charge in [0, 0.05) is 18.8 Å². The quantitative estimate of drug-likeness (QED) is 0.300. The predicted molar refractivity (Wildman–Crippen MR) is 107 cm³/mol. The van der Waals surface area contributed by atoms with E-state index in [9.17, 15) is 9.59 Å². The highest BCUT2D eigenvalue weighted by Gasteiger charge is 2.08. The number of hydrogen-bond donors (Lipinski definition) is 0. The molecule has 0 fully saturated rings. The van der Waals surface area contributed by atoms with Crippen LogP contribution < -0.4 is 4.90 Å². The Kier molecular flexibility index (Phi) is 9.58. The third kappa shape index (κ3) is 8.22. The summed E-state index contributed by atoms with van der Waals surface area (Å²) in [5, 5.41) is 0. The number of carbonyl (C=O) groups excluding carboxylic acids is 2. The Bertz CT molecular complexity index is 720. The number of aryl methyl sites for hydroxylation is 1. The van der Waals surface area contributed by atoms with Crippen LogP contribution in [0.2, 0.25) is 0 Å². The minimum Gasteiger partial charge on any atom is -0.467 e. The third-order valence-electron chi connectivity index (χ3n) is 4.07. The summed E-state index contributed by atoms with van der Waals surface area (Å²) in [6.07, 6.45) is 0.0525. The molecule has 0 aromatic heterocycles. The lowest BCUT2D eigenvalue weighted by Gasteiger charge is -2.25. The Morgan fingerprint density at radius 2 is 1.82 bits per heavy atom. The van der Waals surface area contributed by atoms with Crippen LogP contribution in [0.1, 0.15) is 17.5 Å². The van der Waals surface area contributed by atoms with Gasteiger partial charge in [0.1, 0.15) is 13.2 Å². The van der Waals surface area contributed by atoms with Crippen molar-refractivity contribution >= 4 is 18.1 Å². The van der Waals surface area contributed by atoms with E-state index >= 15 is 0 Å². The van der Waals surface area contributed by atoms with Crippen molar-refractivity contribution in [2.45, 2.75) is 19.9 Å². The maximum absolute atomic E-state index is 11.4. The van der Waals surface area contributed by atoms with Crippen LogP contribution in [0.15, 0.2) is 54.6 Å². The molecule has 0 heterocycles. The molecule has 0 unspecified atom stereocenters. The molecule has 6 heteroatoms. The minimum absolute atomic E-state index is 0.0358. The van der Waals surface area contributed by atoms with E-state index < -0.39 is 5.97 Å². The highest BCUT2D eigenvalue weighted by molar-refractivity contribution is 5.69. The number of nitrogens with zero attached hydrogens (tertiary/aromatic N) is 1. The molecule has 28 heavy (non-hydrogen) atoms. The molecule has 0 aliphatic heterocycles. The number of hydrogen-bond acceptors (Lipinski definition) is 6. The van der Waals surface area contributed by atoms with E-state index in [0.29, 0.717) is 19.7 Å². The Balaban J connectivity index is 1.76. The molecule has 6 nitrogen and oxygen atoms in total. The molecule has 2 rings (SSSR count). The van der Waals surface area contributed by atoms with Gasteiger partial charge in [0.15, 0.2) is 0 Å². The Morgan fingerprint density at radius 3 is 2.57 bits per heavy atom. The number of esters is 1. The highest BCUT2D eigenvalue weighted by atomic mass is 16.6. The van der Waals surface area contributed by atoms with Gasteiger partial charge in [0.05, 0.1) is 19.6 Å². The fourth-order valence-corrected chi connectivity index (χ4v) is 2.68. The van der Waals surface area contributed by atoms with Crippen molar-refractivity contribution in [2.24, 2.45) is 0 Å². The van der Waals surface area contributed by atoms with E-state index in [0.717, 1.165) is 18.8 Å². The fraction of sp³-hybridized carbons (Fsp3) is 0.364. The summed E-state index contributed by atoms with van der Waals surface area (Å²) in [5.74, 6) is -0.407. The second-order valence-corrected chi connectivity index (χ2v) is 6.30. The Labute approximate surface area is 166 Å². The molecular weight excluding hydrogens is 358 g/mol. The van der Waals surface area contributed by atoms with Crippen molar-refractivity contribution in [3.8, 4) is 0 Å². The number of ether oxygens (including phenoxy) is 3. The van der Waals surface area contributed by atoms with Crippen LogP contribution in [0, 0.1) is 6.92 Å². The maximum Gasteiger partial charge on any atom is 0.309 e. The van der Waals surface area contributed by atoms with Gasteiger partial charge in [0.25, 0.3) is 6.47 Å². The summed E-state index contributed by atoms with van der Waals surface area (Å²) in [4.78, 5) is 23.7. The van der Waals surface area contributed by atoms with Gasteiger partial charge in [0.2, 0.25) is 0 Å². The zero-order valence-electron chi connectivity index (χ0n) is 16.2. The predicted octanol–water partition coefficient (Wildman–Crippen LogP) is 3.12. The largest absolute Gasteiger partial charge is 0.467 e. The Morgan fingerprint density at radius 1 is 1.00 bits per heavy atom. The van der Waals surface area contributed by atoms with Gasteiger partial charge in [-0.3, -0.25) is 9.59 Å².